The fraction of sp³-hybridized carbons (Fsp3) is 0.389. The van der Waals surface area contributed by atoms with Gasteiger partial charge >= 0.3 is 0 Å². The third kappa shape index (κ3) is 3.58. The van der Waals surface area contributed by atoms with Crippen molar-refractivity contribution in [2.45, 2.75) is 37.2 Å². The van der Waals surface area contributed by atoms with E-state index in [9.17, 15) is 9.59 Å². The highest BCUT2D eigenvalue weighted by Gasteiger charge is 2.52. The summed E-state index contributed by atoms with van der Waals surface area (Å²) in [5.74, 6) is 0.377. The Kier molecular flexibility index (Phi) is 5.14. The van der Waals surface area contributed by atoms with Crippen molar-refractivity contribution in [2.75, 3.05) is 5.75 Å². The number of aromatic nitrogens is 1. The molecule has 0 N–H and O–H groups in total. The Morgan fingerprint density at radius 1 is 1.41 bits per heavy atom. The van der Waals surface area contributed by atoms with Crippen LogP contribution in [0.15, 0.2) is 34.8 Å². The average molecular weight is 442 g/mol. The van der Waals surface area contributed by atoms with Crippen LogP contribution in [-0.4, -0.2) is 37.9 Å². The first kappa shape index (κ1) is 19.1. The van der Waals surface area contributed by atoms with Gasteiger partial charge < -0.3 is 9.47 Å². The van der Waals surface area contributed by atoms with Crippen LogP contribution in [0.1, 0.15) is 25.3 Å². The second kappa shape index (κ2) is 7.28. The van der Waals surface area contributed by atoms with Crippen LogP contribution in [0.5, 0.6) is 0 Å². The highest BCUT2D eigenvalue weighted by molar-refractivity contribution is 8.01. The van der Waals surface area contributed by atoms with E-state index in [1.165, 1.54) is 11.3 Å². The first-order valence-corrected chi connectivity index (χ1v) is 11.1. The predicted octanol–water partition coefficient (Wildman–Crippen LogP) is 3.79. The lowest BCUT2D eigenvalue weighted by Crippen LogP contribution is -2.46. The lowest BCUT2D eigenvalue weighted by atomic mass is 10.2. The monoisotopic (exact) mass is 441 g/mol. The molecule has 0 saturated carbocycles. The zero-order valence-electron chi connectivity index (χ0n) is 14.5. The molecular formula is C18H17Cl2N3O2S2. The number of amides is 2. The third-order valence-corrected chi connectivity index (χ3v) is 7.84. The fourth-order valence-corrected chi connectivity index (χ4v) is 6.14. The lowest BCUT2D eigenvalue weighted by Gasteiger charge is -2.28. The first-order valence-electron chi connectivity index (χ1n) is 8.50. The van der Waals surface area contributed by atoms with Crippen LogP contribution in [-0.2, 0) is 16.1 Å². The summed E-state index contributed by atoms with van der Waals surface area (Å²) in [7, 11) is 0. The Labute approximate surface area is 175 Å². The standard InChI is InChI=1S/C18H17Cl2N3O2S2/c1-18-5-4-15(24)23(18)14(10-27-18)16(25)21-17-22(6-7-26-17)9-11-2-3-12(19)8-13(11)20/h2-3,6-8,14H,4-5,9-10H2,1H3. The Bertz CT molecular complexity index is 987. The Balaban J connectivity index is 1.59. The second-order valence-corrected chi connectivity index (χ2v) is 9.98. The van der Waals surface area contributed by atoms with Gasteiger partial charge in [0.25, 0.3) is 5.91 Å². The van der Waals surface area contributed by atoms with Crippen LogP contribution in [0.3, 0.4) is 0 Å². The average Bonchev–Trinajstić information content (AvgIpc) is 3.27. The van der Waals surface area contributed by atoms with Gasteiger partial charge in [0.2, 0.25) is 5.91 Å². The summed E-state index contributed by atoms with van der Waals surface area (Å²) < 4.78 is 1.88. The smallest absolute Gasteiger partial charge is 0.272 e. The van der Waals surface area contributed by atoms with E-state index in [1.54, 1.807) is 28.8 Å². The number of thioether (sulfide) groups is 1. The molecule has 0 spiro atoms. The molecule has 2 saturated heterocycles. The summed E-state index contributed by atoms with van der Waals surface area (Å²) in [5.41, 5.74) is 0.895. The largest absolute Gasteiger partial charge is 0.319 e. The van der Waals surface area contributed by atoms with E-state index in [2.05, 4.69) is 4.99 Å². The molecule has 0 bridgehead atoms. The Morgan fingerprint density at radius 3 is 3.00 bits per heavy atom. The van der Waals surface area contributed by atoms with Crippen molar-refractivity contribution in [3.63, 3.8) is 0 Å². The van der Waals surface area contributed by atoms with Crippen molar-refractivity contribution < 1.29 is 9.59 Å². The van der Waals surface area contributed by atoms with Crippen molar-refractivity contribution in [2.24, 2.45) is 4.99 Å². The quantitative estimate of drug-likeness (QED) is 0.727. The van der Waals surface area contributed by atoms with Crippen LogP contribution < -0.4 is 4.80 Å². The summed E-state index contributed by atoms with van der Waals surface area (Å²) in [4.78, 5) is 31.5. The summed E-state index contributed by atoms with van der Waals surface area (Å²) in [6.07, 6.45) is 3.16. The molecule has 2 fully saturated rings. The van der Waals surface area contributed by atoms with E-state index in [-0.39, 0.29) is 16.7 Å². The number of fused-ring (bicyclic) bond motifs is 1. The lowest BCUT2D eigenvalue weighted by molar-refractivity contribution is -0.136. The zero-order chi connectivity index (χ0) is 19.2. The van der Waals surface area contributed by atoms with Crippen molar-refractivity contribution in [1.29, 1.82) is 0 Å². The SMILES string of the molecule is CC12CCC(=O)N1C(C(=O)N=c1sccn1Cc1ccc(Cl)cc1Cl)CS2. The van der Waals surface area contributed by atoms with Gasteiger partial charge in [-0.15, -0.1) is 23.1 Å². The van der Waals surface area contributed by atoms with Gasteiger partial charge in [0.15, 0.2) is 4.80 Å². The number of nitrogens with zero attached hydrogens (tertiary/aromatic N) is 3. The van der Waals surface area contributed by atoms with Crippen LogP contribution >= 0.6 is 46.3 Å². The number of thiazole rings is 1. The van der Waals surface area contributed by atoms with Crippen molar-refractivity contribution in [1.82, 2.24) is 9.47 Å². The number of hydrogen-bond acceptors (Lipinski definition) is 4. The maximum absolute atomic E-state index is 12.8. The summed E-state index contributed by atoms with van der Waals surface area (Å²) in [5, 5.41) is 3.03. The molecule has 2 aliphatic heterocycles. The molecule has 1 aromatic heterocycles. The number of halogens is 2. The molecule has 3 heterocycles. The van der Waals surface area contributed by atoms with E-state index in [1.807, 2.05) is 29.1 Å². The Morgan fingerprint density at radius 2 is 2.22 bits per heavy atom. The molecule has 0 aliphatic carbocycles. The molecule has 2 aromatic rings. The van der Waals surface area contributed by atoms with E-state index in [0.29, 0.717) is 33.6 Å². The molecule has 1 aromatic carbocycles. The molecule has 9 heteroatoms. The van der Waals surface area contributed by atoms with Gasteiger partial charge in [-0.3, -0.25) is 9.59 Å². The predicted molar refractivity (Wildman–Crippen MR) is 109 cm³/mol. The second-order valence-electron chi connectivity index (χ2n) is 6.76. The summed E-state index contributed by atoms with van der Waals surface area (Å²) >= 11 is 15.3. The number of benzene rings is 1. The molecule has 2 aliphatic rings. The molecule has 2 amide bonds. The molecule has 27 heavy (non-hydrogen) atoms. The number of rotatable bonds is 3. The van der Waals surface area contributed by atoms with E-state index in [0.717, 1.165) is 12.0 Å². The van der Waals surface area contributed by atoms with Crippen LogP contribution in [0, 0.1) is 0 Å². The van der Waals surface area contributed by atoms with Gasteiger partial charge in [-0.25, -0.2) is 0 Å². The van der Waals surface area contributed by atoms with E-state index < -0.39 is 6.04 Å². The molecule has 2 atom stereocenters. The number of hydrogen-bond donors (Lipinski definition) is 0. The minimum absolute atomic E-state index is 0.0445. The third-order valence-electron chi connectivity index (χ3n) is 4.95. The van der Waals surface area contributed by atoms with Crippen molar-refractivity contribution in [3.05, 3.63) is 50.2 Å². The molecule has 0 radical (unpaired) electrons. The number of carbonyl (C=O) groups excluding carboxylic acids is 2. The first-order chi connectivity index (χ1) is 12.9. The van der Waals surface area contributed by atoms with E-state index in [4.69, 9.17) is 23.2 Å². The summed E-state index contributed by atoms with van der Waals surface area (Å²) in [6.45, 7) is 2.52. The minimum Gasteiger partial charge on any atom is -0.319 e. The van der Waals surface area contributed by atoms with Crippen molar-refractivity contribution in [3.8, 4) is 0 Å². The highest BCUT2D eigenvalue weighted by Crippen LogP contribution is 2.47. The summed E-state index contributed by atoms with van der Waals surface area (Å²) in [6, 6.07) is 4.86. The normalized spacial score (nSPS) is 25.3. The molecule has 142 valence electrons. The Hall–Kier alpha value is -1.28. The molecular weight excluding hydrogens is 425 g/mol. The van der Waals surface area contributed by atoms with Gasteiger partial charge in [0.05, 0.1) is 11.4 Å². The molecule has 5 nitrogen and oxygen atoms in total. The van der Waals surface area contributed by atoms with Crippen LogP contribution in [0.2, 0.25) is 10.0 Å². The van der Waals surface area contributed by atoms with Gasteiger partial charge in [-0.2, -0.15) is 4.99 Å². The zero-order valence-corrected chi connectivity index (χ0v) is 17.7. The van der Waals surface area contributed by atoms with Gasteiger partial charge in [0, 0.05) is 33.8 Å². The molecule has 2 unspecified atom stereocenters. The fourth-order valence-electron chi connectivity index (χ4n) is 3.51. The van der Waals surface area contributed by atoms with Gasteiger partial charge in [-0.05, 0) is 31.0 Å². The van der Waals surface area contributed by atoms with Gasteiger partial charge in [-0.1, -0.05) is 29.3 Å². The highest BCUT2D eigenvalue weighted by atomic mass is 35.5. The maximum Gasteiger partial charge on any atom is 0.272 e. The van der Waals surface area contributed by atoms with Crippen molar-refractivity contribution >= 4 is 58.1 Å². The van der Waals surface area contributed by atoms with Crippen LogP contribution in [0.25, 0.3) is 0 Å². The number of carbonyl (C=O) groups is 2. The minimum atomic E-state index is -0.482. The topological polar surface area (TPSA) is 54.7 Å². The molecule has 4 rings (SSSR count). The van der Waals surface area contributed by atoms with Gasteiger partial charge in [0.1, 0.15) is 6.04 Å². The van der Waals surface area contributed by atoms with E-state index >= 15 is 0 Å². The van der Waals surface area contributed by atoms with Crippen LogP contribution in [0.4, 0.5) is 0 Å². The maximum atomic E-state index is 12.8.